The lowest BCUT2D eigenvalue weighted by molar-refractivity contribution is 0.0691. The normalized spacial score (nSPS) is 10.7. The number of ether oxygens (including phenoxy) is 1. The summed E-state index contributed by atoms with van der Waals surface area (Å²) in [5.41, 5.74) is 0.708. The molecule has 1 aromatic heterocycles. The minimum atomic E-state index is -1.28. The van der Waals surface area contributed by atoms with E-state index >= 15 is 0 Å². The number of rotatable bonds is 5. The molecule has 0 bridgehead atoms. The Hall–Kier alpha value is -2.69. The minimum absolute atomic E-state index is 0.100. The Bertz CT molecular complexity index is 626. The number of benzene rings is 1. The first-order valence-corrected chi connectivity index (χ1v) is 5.90. The van der Waals surface area contributed by atoms with Gasteiger partial charge in [0.25, 0.3) is 0 Å². The average Bonchev–Trinajstić information content (AvgIpc) is 2.45. The van der Waals surface area contributed by atoms with Crippen molar-refractivity contribution in [3.63, 3.8) is 0 Å². The fraction of sp³-hybridized carbons (Fsp3) is 0.0667. The van der Waals surface area contributed by atoms with Crippen molar-refractivity contribution >= 4 is 12.0 Å². The van der Waals surface area contributed by atoms with Crippen molar-refractivity contribution < 1.29 is 19.0 Å². The molecule has 0 atom stereocenters. The van der Waals surface area contributed by atoms with Crippen LogP contribution in [0, 0.1) is 5.82 Å². The molecule has 102 valence electrons. The highest BCUT2D eigenvalue weighted by Gasteiger charge is 2.13. The van der Waals surface area contributed by atoms with Crippen LogP contribution in [-0.4, -0.2) is 22.7 Å². The molecule has 0 spiro atoms. The van der Waals surface area contributed by atoms with E-state index in [1.54, 1.807) is 6.08 Å². The van der Waals surface area contributed by atoms with Gasteiger partial charge < -0.3 is 9.84 Å². The van der Waals surface area contributed by atoms with Crippen LogP contribution < -0.4 is 4.74 Å². The molecular formula is C15H12FNO3. The van der Waals surface area contributed by atoms with Crippen LogP contribution in [0.1, 0.15) is 15.9 Å². The van der Waals surface area contributed by atoms with E-state index in [-0.39, 0.29) is 18.1 Å². The van der Waals surface area contributed by atoms with Crippen molar-refractivity contribution in [2.75, 3.05) is 6.61 Å². The zero-order chi connectivity index (χ0) is 14.4. The first-order chi connectivity index (χ1) is 9.66. The minimum Gasteiger partial charge on any atom is -0.477 e. The molecule has 5 heteroatoms. The molecule has 4 nitrogen and oxygen atoms in total. The fourth-order valence-corrected chi connectivity index (χ4v) is 1.57. The standard InChI is InChI=1S/C15H12FNO3/c16-12-9-13(15(18)19)14(17-10-12)20-8-4-7-11-5-2-1-3-6-11/h1-7,9-10H,8H2,(H,18,19)/b7-4+. The Morgan fingerprint density at radius 1 is 1.35 bits per heavy atom. The van der Waals surface area contributed by atoms with Gasteiger partial charge in [0.15, 0.2) is 0 Å². The fourth-order valence-electron chi connectivity index (χ4n) is 1.57. The van der Waals surface area contributed by atoms with Crippen molar-refractivity contribution in [3.05, 3.63) is 65.6 Å². The maximum absolute atomic E-state index is 12.9. The quantitative estimate of drug-likeness (QED) is 0.909. The number of carbonyl (C=O) groups is 1. The first kappa shape index (κ1) is 13.7. The summed E-state index contributed by atoms with van der Waals surface area (Å²) in [5.74, 6) is -2.09. The van der Waals surface area contributed by atoms with Gasteiger partial charge in [-0.25, -0.2) is 14.2 Å². The van der Waals surface area contributed by atoms with Crippen LogP contribution >= 0.6 is 0 Å². The molecule has 0 amide bonds. The van der Waals surface area contributed by atoms with Gasteiger partial charge >= 0.3 is 5.97 Å². The summed E-state index contributed by atoms with van der Waals surface area (Å²) < 4.78 is 18.2. The Kier molecular flexibility index (Phi) is 4.44. The van der Waals surface area contributed by atoms with Gasteiger partial charge in [-0.1, -0.05) is 36.4 Å². The van der Waals surface area contributed by atoms with Crippen LogP contribution in [0.3, 0.4) is 0 Å². The van der Waals surface area contributed by atoms with Gasteiger partial charge in [-0.2, -0.15) is 0 Å². The summed E-state index contributed by atoms with van der Waals surface area (Å²) in [6, 6.07) is 10.5. The van der Waals surface area contributed by atoms with Crippen LogP contribution in [0.2, 0.25) is 0 Å². The lowest BCUT2D eigenvalue weighted by atomic mass is 10.2. The van der Waals surface area contributed by atoms with Gasteiger partial charge in [0.2, 0.25) is 5.88 Å². The molecule has 0 unspecified atom stereocenters. The third-order valence-electron chi connectivity index (χ3n) is 2.47. The number of carboxylic acids is 1. The van der Waals surface area contributed by atoms with Crippen molar-refractivity contribution in [1.82, 2.24) is 4.98 Å². The van der Waals surface area contributed by atoms with Gasteiger partial charge in [0.1, 0.15) is 18.0 Å². The number of carboxylic acid groups (broad SMARTS) is 1. The second-order valence-electron chi connectivity index (χ2n) is 3.94. The van der Waals surface area contributed by atoms with Crippen LogP contribution in [-0.2, 0) is 0 Å². The highest BCUT2D eigenvalue weighted by atomic mass is 19.1. The van der Waals surface area contributed by atoms with E-state index in [2.05, 4.69) is 4.98 Å². The molecule has 0 aliphatic carbocycles. The molecule has 1 N–H and O–H groups in total. The van der Waals surface area contributed by atoms with E-state index in [0.717, 1.165) is 17.8 Å². The van der Waals surface area contributed by atoms with Gasteiger partial charge in [0.05, 0.1) is 6.20 Å². The monoisotopic (exact) mass is 273 g/mol. The number of hydrogen-bond acceptors (Lipinski definition) is 3. The molecule has 2 aromatic rings. The summed E-state index contributed by atoms with van der Waals surface area (Å²) in [5, 5.41) is 8.92. The Balaban J connectivity index is 2.01. The second-order valence-corrected chi connectivity index (χ2v) is 3.94. The summed E-state index contributed by atoms with van der Waals surface area (Å²) >= 11 is 0. The molecule has 1 heterocycles. The summed E-state index contributed by atoms with van der Waals surface area (Å²) in [6.45, 7) is 0.147. The number of halogens is 1. The van der Waals surface area contributed by atoms with Crippen molar-refractivity contribution in [2.45, 2.75) is 0 Å². The highest BCUT2D eigenvalue weighted by Crippen LogP contribution is 2.16. The Morgan fingerprint density at radius 2 is 2.10 bits per heavy atom. The molecule has 1 aromatic carbocycles. The van der Waals surface area contributed by atoms with Gasteiger partial charge in [-0.05, 0) is 17.7 Å². The third kappa shape index (κ3) is 3.65. The number of aromatic carboxylic acids is 1. The molecule has 0 radical (unpaired) electrons. The largest absolute Gasteiger partial charge is 0.477 e. The number of hydrogen-bond donors (Lipinski definition) is 1. The lowest BCUT2D eigenvalue weighted by Gasteiger charge is -2.05. The first-order valence-electron chi connectivity index (χ1n) is 5.90. The van der Waals surface area contributed by atoms with Crippen molar-refractivity contribution in [2.24, 2.45) is 0 Å². The number of pyridine rings is 1. The van der Waals surface area contributed by atoms with Crippen LogP contribution in [0.5, 0.6) is 5.88 Å². The van der Waals surface area contributed by atoms with E-state index in [1.165, 1.54) is 0 Å². The van der Waals surface area contributed by atoms with E-state index in [9.17, 15) is 9.18 Å². The van der Waals surface area contributed by atoms with Gasteiger partial charge in [-0.15, -0.1) is 0 Å². The van der Waals surface area contributed by atoms with Crippen LogP contribution in [0.25, 0.3) is 6.08 Å². The molecule has 0 aliphatic rings. The number of nitrogens with zero attached hydrogens (tertiary/aromatic N) is 1. The summed E-state index contributed by atoms with van der Waals surface area (Å²) in [7, 11) is 0. The zero-order valence-electron chi connectivity index (χ0n) is 10.5. The zero-order valence-corrected chi connectivity index (χ0v) is 10.5. The topological polar surface area (TPSA) is 59.4 Å². The molecular weight excluding hydrogens is 261 g/mol. The van der Waals surface area contributed by atoms with E-state index < -0.39 is 11.8 Å². The molecule has 20 heavy (non-hydrogen) atoms. The predicted molar refractivity (Wildman–Crippen MR) is 72.1 cm³/mol. The van der Waals surface area contributed by atoms with E-state index in [4.69, 9.17) is 9.84 Å². The highest BCUT2D eigenvalue weighted by molar-refractivity contribution is 5.90. The Labute approximate surface area is 115 Å². The molecule has 0 saturated carbocycles. The van der Waals surface area contributed by atoms with Crippen molar-refractivity contribution in [3.8, 4) is 5.88 Å². The van der Waals surface area contributed by atoms with Crippen LogP contribution in [0.15, 0.2) is 48.7 Å². The van der Waals surface area contributed by atoms with Crippen molar-refractivity contribution in [1.29, 1.82) is 0 Å². The SMILES string of the molecule is O=C(O)c1cc(F)cnc1OC/C=C/c1ccccc1. The van der Waals surface area contributed by atoms with Gasteiger partial charge in [0, 0.05) is 0 Å². The predicted octanol–water partition coefficient (Wildman–Crippen LogP) is 3.01. The van der Waals surface area contributed by atoms with Crippen LogP contribution in [0.4, 0.5) is 4.39 Å². The summed E-state index contributed by atoms with van der Waals surface area (Å²) in [4.78, 5) is 14.6. The Morgan fingerprint density at radius 3 is 2.80 bits per heavy atom. The second kappa shape index (κ2) is 6.47. The molecule has 0 aliphatic heterocycles. The maximum atomic E-state index is 12.9. The molecule has 2 rings (SSSR count). The average molecular weight is 273 g/mol. The van der Waals surface area contributed by atoms with E-state index in [1.807, 2.05) is 36.4 Å². The van der Waals surface area contributed by atoms with E-state index in [0.29, 0.717) is 0 Å². The summed E-state index contributed by atoms with van der Waals surface area (Å²) in [6.07, 6.45) is 4.48. The molecule has 0 fully saturated rings. The molecule has 0 saturated heterocycles. The smallest absolute Gasteiger partial charge is 0.341 e. The third-order valence-corrected chi connectivity index (χ3v) is 2.47. The lowest BCUT2D eigenvalue weighted by Crippen LogP contribution is -2.05. The van der Waals surface area contributed by atoms with Gasteiger partial charge in [-0.3, -0.25) is 0 Å². The maximum Gasteiger partial charge on any atom is 0.341 e. The number of aromatic nitrogens is 1.